The van der Waals surface area contributed by atoms with Crippen LogP contribution >= 0.6 is 11.6 Å². The highest BCUT2D eigenvalue weighted by atomic mass is 35.5. The summed E-state index contributed by atoms with van der Waals surface area (Å²) >= 11 is 5.72. The maximum Gasteiger partial charge on any atom is 0.326 e. The van der Waals surface area contributed by atoms with Gasteiger partial charge in [-0.25, -0.2) is 18.0 Å². The van der Waals surface area contributed by atoms with Crippen molar-refractivity contribution in [3.63, 3.8) is 0 Å². The largest absolute Gasteiger partial charge is 0.480 e. The molecule has 0 aliphatic rings. The van der Waals surface area contributed by atoms with Crippen molar-refractivity contribution in [2.75, 3.05) is 0 Å². The summed E-state index contributed by atoms with van der Waals surface area (Å²) in [6.45, 7) is 0. The van der Waals surface area contributed by atoms with Gasteiger partial charge in [-0.3, -0.25) is 4.79 Å². The number of benzene rings is 2. The van der Waals surface area contributed by atoms with Crippen LogP contribution in [0.4, 0.5) is 13.2 Å². The third-order valence-electron chi connectivity index (χ3n) is 3.19. The second kappa shape index (κ2) is 7.35. The van der Waals surface area contributed by atoms with Gasteiger partial charge in [0.15, 0.2) is 0 Å². The maximum absolute atomic E-state index is 13.6. The first-order chi connectivity index (χ1) is 11.3. The Hall–Kier alpha value is -2.54. The molecule has 2 aromatic rings. The average molecular weight is 358 g/mol. The van der Waals surface area contributed by atoms with Crippen LogP contribution in [0.2, 0.25) is 5.02 Å². The number of aliphatic carboxylic acids is 1. The molecule has 0 saturated heterocycles. The van der Waals surface area contributed by atoms with E-state index in [4.69, 9.17) is 11.6 Å². The minimum atomic E-state index is -1.43. The van der Waals surface area contributed by atoms with E-state index in [2.05, 4.69) is 0 Å². The van der Waals surface area contributed by atoms with Gasteiger partial charge in [0.2, 0.25) is 0 Å². The van der Waals surface area contributed by atoms with Crippen molar-refractivity contribution in [2.45, 2.75) is 12.5 Å². The lowest BCUT2D eigenvalue weighted by atomic mass is 10.1. The van der Waals surface area contributed by atoms with Gasteiger partial charge in [0, 0.05) is 23.6 Å². The Morgan fingerprint density at radius 2 is 1.62 bits per heavy atom. The van der Waals surface area contributed by atoms with Crippen molar-refractivity contribution in [1.29, 1.82) is 0 Å². The van der Waals surface area contributed by atoms with Crippen molar-refractivity contribution in [3.05, 3.63) is 70.0 Å². The predicted octanol–water partition coefficient (Wildman–Crippen LogP) is 3.18. The number of halogens is 4. The second-order valence-electron chi connectivity index (χ2n) is 4.94. The Labute approximate surface area is 139 Å². The third-order valence-corrected chi connectivity index (χ3v) is 3.44. The van der Waals surface area contributed by atoms with Crippen LogP contribution in [0.1, 0.15) is 15.9 Å². The molecule has 0 aromatic heterocycles. The average Bonchev–Trinajstić information content (AvgIpc) is 2.47. The molecule has 126 valence electrons. The summed E-state index contributed by atoms with van der Waals surface area (Å²) in [5, 5.41) is 11.7. The number of carbonyl (C=O) groups excluding carboxylic acids is 1. The molecule has 8 heteroatoms. The molecule has 0 heterocycles. The Kier molecular flexibility index (Phi) is 5.46. The molecular weight excluding hydrogens is 347 g/mol. The maximum atomic E-state index is 13.6. The minimum Gasteiger partial charge on any atom is -0.480 e. The molecule has 1 amide bonds. The van der Waals surface area contributed by atoms with E-state index in [-0.39, 0.29) is 6.42 Å². The molecule has 2 rings (SSSR count). The van der Waals surface area contributed by atoms with Crippen molar-refractivity contribution in [2.24, 2.45) is 0 Å². The summed E-state index contributed by atoms with van der Waals surface area (Å²) in [7, 11) is 0. The molecule has 0 spiro atoms. The third kappa shape index (κ3) is 4.26. The second-order valence-corrected chi connectivity index (χ2v) is 5.38. The van der Waals surface area contributed by atoms with Crippen LogP contribution in [0.3, 0.4) is 0 Å². The minimum absolute atomic E-state index is 0.122. The summed E-state index contributed by atoms with van der Waals surface area (Å²) in [6.07, 6.45) is -0.122. The number of carbonyl (C=O) groups is 2. The van der Waals surface area contributed by atoms with E-state index in [0.717, 1.165) is 0 Å². The summed E-state index contributed by atoms with van der Waals surface area (Å²) in [4.78, 5) is 23.2. The van der Waals surface area contributed by atoms with Crippen LogP contribution in [0.15, 0.2) is 36.4 Å². The van der Waals surface area contributed by atoms with Crippen LogP contribution in [0.25, 0.3) is 0 Å². The first-order valence-corrected chi connectivity index (χ1v) is 7.08. The molecule has 0 aliphatic carbocycles. The highest BCUT2D eigenvalue weighted by Gasteiger charge is 2.25. The Morgan fingerprint density at radius 1 is 1.08 bits per heavy atom. The first kappa shape index (κ1) is 17.8. The lowest BCUT2D eigenvalue weighted by Gasteiger charge is -2.15. The molecule has 2 aromatic carbocycles. The molecule has 0 aliphatic heterocycles. The fraction of sp³-hybridized carbons (Fsp3) is 0.125. The van der Waals surface area contributed by atoms with E-state index >= 15 is 0 Å². The topological polar surface area (TPSA) is 66.4 Å². The van der Waals surface area contributed by atoms with Gasteiger partial charge >= 0.3 is 5.97 Å². The van der Waals surface area contributed by atoms with E-state index < -0.39 is 40.9 Å². The quantitative estimate of drug-likeness (QED) is 0.863. The van der Waals surface area contributed by atoms with Gasteiger partial charge in [0.25, 0.3) is 5.91 Å². The van der Waals surface area contributed by atoms with E-state index in [1.807, 2.05) is 5.32 Å². The number of hydrogen-bond acceptors (Lipinski definition) is 2. The van der Waals surface area contributed by atoms with E-state index in [1.165, 1.54) is 12.1 Å². The molecule has 4 nitrogen and oxygen atoms in total. The van der Waals surface area contributed by atoms with Gasteiger partial charge in [-0.15, -0.1) is 0 Å². The van der Waals surface area contributed by atoms with Gasteiger partial charge in [-0.05, 0) is 17.7 Å². The molecule has 0 fully saturated rings. The SMILES string of the molecule is O=C(N[C@H](Cc1ccc(Cl)cc1)C(=O)O)c1c(F)cc(F)cc1F. The van der Waals surface area contributed by atoms with Gasteiger partial charge < -0.3 is 10.4 Å². The van der Waals surface area contributed by atoms with Crippen LogP contribution < -0.4 is 5.32 Å². The smallest absolute Gasteiger partial charge is 0.326 e. The number of hydrogen-bond donors (Lipinski definition) is 2. The first-order valence-electron chi connectivity index (χ1n) is 6.70. The lowest BCUT2D eigenvalue weighted by Crippen LogP contribution is -2.43. The zero-order chi connectivity index (χ0) is 17.9. The molecule has 2 N–H and O–H groups in total. The van der Waals surface area contributed by atoms with E-state index in [1.54, 1.807) is 12.1 Å². The predicted molar refractivity (Wildman–Crippen MR) is 80.4 cm³/mol. The lowest BCUT2D eigenvalue weighted by molar-refractivity contribution is -0.139. The van der Waals surface area contributed by atoms with Gasteiger partial charge in [-0.1, -0.05) is 23.7 Å². The van der Waals surface area contributed by atoms with E-state index in [9.17, 15) is 27.9 Å². The normalized spacial score (nSPS) is 11.8. The molecule has 1 atom stereocenters. The molecule has 0 unspecified atom stereocenters. The zero-order valence-corrected chi connectivity index (χ0v) is 12.8. The van der Waals surface area contributed by atoms with Gasteiger partial charge in [-0.2, -0.15) is 0 Å². The standard InChI is InChI=1S/C16H11ClF3NO3/c17-9-3-1-8(2-4-9)5-13(16(23)24)21-15(22)14-11(19)6-10(18)7-12(14)20/h1-4,6-7,13H,5H2,(H,21,22)(H,23,24)/t13-/m1/s1. The Balaban J connectivity index is 2.20. The van der Waals surface area contributed by atoms with Crippen LogP contribution in [-0.2, 0) is 11.2 Å². The number of rotatable bonds is 5. The Bertz CT molecular complexity index is 758. The van der Waals surface area contributed by atoms with Crippen LogP contribution in [0.5, 0.6) is 0 Å². The van der Waals surface area contributed by atoms with Crippen molar-refractivity contribution >= 4 is 23.5 Å². The summed E-state index contributed by atoms with van der Waals surface area (Å²) < 4.78 is 40.0. The van der Waals surface area contributed by atoms with Gasteiger partial charge in [0.05, 0.1) is 0 Å². The number of amides is 1. The monoisotopic (exact) mass is 357 g/mol. The van der Waals surface area contributed by atoms with Crippen LogP contribution in [-0.4, -0.2) is 23.0 Å². The Morgan fingerprint density at radius 3 is 2.12 bits per heavy atom. The van der Waals surface area contributed by atoms with Crippen molar-refractivity contribution < 1.29 is 27.9 Å². The molecule has 24 heavy (non-hydrogen) atoms. The summed E-state index contributed by atoms with van der Waals surface area (Å²) in [6, 6.07) is 5.45. The van der Waals surface area contributed by atoms with Crippen LogP contribution in [0, 0.1) is 17.5 Å². The molecular formula is C16H11ClF3NO3. The highest BCUT2D eigenvalue weighted by molar-refractivity contribution is 6.30. The van der Waals surface area contributed by atoms with E-state index in [0.29, 0.717) is 22.7 Å². The van der Waals surface area contributed by atoms with Crippen molar-refractivity contribution in [1.82, 2.24) is 5.32 Å². The summed E-state index contributed by atoms with van der Waals surface area (Å²) in [5.41, 5.74) is -0.495. The molecule has 0 radical (unpaired) electrons. The molecule has 0 bridgehead atoms. The van der Waals surface area contributed by atoms with Gasteiger partial charge in [0.1, 0.15) is 29.1 Å². The zero-order valence-electron chi connectivity index (χ0n) is 12.0. The number of carboxylic acid groups (broad SMARTS) is 1. The molecule has 0 saturated carbocycles. The fourth-order valence-electron chi connectivity index (χ4n) is 2.05. The highest BCUT2D eigenvalue weighted by Crippen LogP contribution is 2.16. The number of nitrogens with one attached hydrogen (secondary N) is 1. The number of carboxylic acids is 1. The van der Waals surface area contributed by atoms with Crippen molar-refractivity contribution in [3.8, 4) is 0 Å². The summed E-state index contributed by atoms with van der Waals surface area (Å²) in [5.74, 6) is -6.69. The fourth-order valence-corrected chi connectivity index (χ4v) is 2.17.